The molecule has 12 heteroatoms. The smallest absolute Gasteiger partial charge is 0.447 e. The normalized spacial score (nSPS) is 21.0. The zero-order valence-electron chi connectivity index (χ0n) is 22.5. The fraction of sp³-hybridized carbons (Fsp3) is 0.593. The molecule has 0 radical (unpaired) electrons. The third-order valence-corrected chi connectivity index (χ3v) is 7.41. The number of alkyl halides is 2. The van der Waals surface area contributed by atoms with Crippen molar-refractivity contribution >= 4 is 19.1 Å². The number of rotatable bonds is 9. The van der Waals surface area contributed by atoms with Gasteiger partial charge in [-0.25, -0.2) is 13.6 Å². The Bertz CT molecular complexity index is 1050. The molecule has 2 atom stereocenters. The van der Waals surface area contributed by atoms with Gasteiger partial charge in [0.2, 0.25) is 0 Å². The number of halogens is 2. The third-order valence-electron chi connectivity index (χ3n) is 7.41. The molecule has 0 unspecified atom stereocenters. The summed E-state index contributed by atoms with van der Waals surface area (Å²) in [5.41, 5.74) is -0.0606. The van der Waals surface area contributed by atoms with Crippen molar-refractivity contribution in [3.05, 3.63) is 47.5 Å². The van der Waals surface area contributed by atoms with Crippen LogP contribution in [0.2, 0.25) is 0 Å². The maximum Gasteiger partial charge on any atom is 0.475 e. The molecule has 0 saturated carbocycles. The monoisotopic (exact) mass is 546 g/mol. The van der Waals surface area contributed by atoms with Crippen LogP contribution in [0, 0.1) is 11.3 Å². The summed E-state index contributed by atoms with van der Waals surface area (Å²) in [6.07, 6.45) is 2.44. The van der Waals surface area contributed by atoms with E-state index in [1.54, 1.807) is 38.1 Å². The van der Waals surface area contributed by atoms with Crippen LogP contribution in [0.5, 0.6) is 0 Å². The van der Waals surface area contributed by atoms with Crippen LogP contribution in [0.3, 0.4) is 0 Å². The van der Waals surface area contributed by atoms with Crippen molar-refractivity contribution in [2.24, 2.45) is 0 Å². The molecule has 2 saturated heterocycles. The molecule has 2 amide bonds. The van der Waals surface area contributed by atoms with E-state index in [0.29, 0.717) is 13.0 Å². The lowest BCUT2D eigenvalue weighted by Gasteiger charge is -2.41. The zero-order valence-corrected chi connectivity index (χ0v) is 22.5. The number of nitrogens with one attached hydrogen (secondary N) is 1. The molecule has 2 heterocycles. The highest BCUT2D eigenvalue weighted by Gasteiger charge is 2.39. The van der Waals surface area contributed by atoms with Crippen molar-refractivity contribution < 1.29 is 33.2 Å². The summed E-state index contributed by atoms with van der Waals surface area (Å²) in [7, 11) is -1.80. The van der Waals surface area contributed by atoms with Crippen LogP contribution in [0.4, 0.5) is 13.6 Å². The minimum atomic E-state index is -2.70. The first-order valence-corrected chi connectivity index (χ1v) is 13.3. The molecule has 2 aliphatic rings. The predicted molar refractivity (Wildman–Crippen MR) is 141 cm³/mol. The fourth-order valence-electron chi connectivity index (χ4n) is 5.06. The van der Waals surface area contributed by atoms with Gasteiger partial charge in [-0.1, -0.05) is 30.3 Å². The lowest BCUT2D eigenvalue weighted by molar-refractivity contribution is -0.131. The molecule has 2 fully saturated rings. The minimum Gasteiger partial charge on any atom is -0.447 e. The van der Waals surface area contributed by atoms with Crippen molar-refractivity contribution in [2.45, 2.75) is 75.8 Å². The maximum atomic E-state index is 13.6. The van der Waals surface area contributed by atoms with Crippen LogP contribution < -0.4 is 5.32 Å². The Morgan fingerprint density at radius 3 is 2.51 bits per heavy atom. The van der Waals surface area contributed by atoms with Crippen LogP contribution in [0.15, 0.2) is 42.0 Å². The van der Waals surface area contributed by atoms with Crippen molar-refractivity contribution in [3.8, 4) is 6.07 Å². The number of piperidine rings is 2. The highest BCUT2D eigenvalue weighted by molar-refractivity contribution is 6.43. The van der Waals surface area contributed by atoms with Crippen LogP contribution in [0.25, 0.3) is 0 Å². The zero-order chi connectivity index (χ0) is 28.6. The Labute approximate surface area is 228 Å². The molecule has 2 aliphatic heterocycles. The van der Waals surface area contributed by atoms with E-state index < -0.39 is 42.6 Å². The highest BCUT2D eigenvalue weighted by Crippen LogP contribution is 2.32. The second-order valence-corrected chi connectivity index (χ2v) is 10.8. The Balaban J connectivity index is 1.62. The molecular weight excluding hydrogens is 509 g/mol. The number of carbonyl (C=O) groups is 2. The average molecular weight is 546 g/mol. The van der Waals surface area contributed by atoms with Gasteiger partial charge < -0.3 is 25.0 Å². The first kappa shape index (κ1) is 30.5. The van der Waals surface area contributed by atoms with Crippen molar-refractivity contribution in [2.75, 3.05) is 26.2 Å². The third kappa shape index (κ3) is 8.75. The number of amides is 2. The van der Waals surface area contributed by atoms with Gasteiger partial charge in [-0.3, -0.25) is 9.69 Å². The van der Waals surface area contributed by atoms with Gasteiger partial charge in [-0.2, -0.15) is 5.26 Å². The van der Waals surface area contributed by atoms with Gasteiger partial charge in [0.25, 0.3) is 11.8 Å². The molecule has 1 aromatic carbocycles. The standard InChI is InChI=1S/C27H37BF2N4O5/c1-26(2,33-14-11-27(29,30)12-15-33)17-21(18-31)24(35)34-13-7-6-10-22(34)19-39-25(36)32-23(28(37)38)16-20-8-4-3-5-9-20/h3-5,8-9,17,22-23,37-38H,6-7,10-16,19H2,1-2H3,(H,32,36)/b21-17+/t22-,23+/m1/s1. The van der Waals surface area contributed by atoms with Gasteiger partial charge in [0.05, 0.1) is 12.0 Å². The SMILES string of the molecule is CC(C)(/C=C(\C#N)C(=O)N1CCCC[C@@H]1COC(=O)N[C@@H](Cc1ccccc1)B(O)O)N1CCC(F)(F)CC1. The Hall–Kier alpha value is -3.01. The topological polar surface area (TPSA) is 126 Å². The van der Waals surface area contributed by atoms with E-state index in [-0.39, 0.29) is 44.5 Å². The summed E-state index contributed by atoms with van der Waals surface area (Å²) in [6.45, 7) is 4.17. The molecule has 3 rings (SSSR count). The number of hydrogen-bond donors (Lipinski definition) is 3. The van der Waals surface area contributed by atoms with Crippen molar-refractivity contribution in [1.82, 2.24) is 15.1 Å². The Morgan fingerprint density at radius 2 is 1.90 bits per heavy atom. The summed E-state index contributed by atoms with van der Waals surface area (Å²) in [6, 6.07) is 10.6. The van der Waals surface area contributed by atoms with Crippen LogP contribution in [-0.4, -0.2) is 88.7 Å². The number of carbonyl (C=O) groups excluding carboxylic acids is 2. The highest BCUT2D eigenvalue weighted by atomic mass is 19.3. The quantitative estimate of drug-likeness (QED) is 0.247. The lowest BCUT2D eigenvalue weighted by atomic mass is 9.76. The van der Waals surface area contributed by atoms with Gasteiger partial charge in [0, 0.05) is 38.0 Å². The molecule has 0 aliphatic carbocycles. The van der Waals surface area contributed by atoms with Gasteiger partial charge in [-0.05, 0) is 51.2 Å². The number of alkyl carbamates (subject to hydrolysis) is 1. The number of nitriles is 1. The number of hydrogen-bond acceptors (Lipinski definition) is 7. The molecule has 0 bridgehead atoms. The predicted octanol–water partition coefficient (Wildman–Crippen LogP) is 2.68. The van der Waals surface area contributed by atoms with E-state index in [0.717, 1.165) is 18.4 Å². The van der Waals surface area contributed by atoms with E-state index in [4.69, 9.17) is 4.74 Å². The molecule has 0 aromatic heterocycles. The van der Waals surface area contributed by atoms with E-state index in [2.05, 4.69) is 5.32 Å². The van der Waals surface area contributed by atoms with Crippen molar-refractivity contribution in [3.63, 3.8) is 0 Å². The minimum absolute atomic E-state index is 0.0833. The second kappa shape index (κ2) is 13.4. The molecule has 9 nitrogen and oxygen atoms in total. The molecule has 3 N–H and O–H groups in total. The first-order valence-electron chi connectivity index (χ1n) is 13.3. The molecule has 39 heavy (non-hydrogen) atoms. The summed E-state index contributed by atoms with van der Waals surface area (Å²) in [5, 5.41) is 31.7. The number of ether oxygens (including phenoxy) is 1. The van der Waals surface area contributed by atoms with Crippen LogP contribution >= 0.6 is 0 Å². The fourth-order valence-corrected chi connectivity index (χ4v) is 5.06. The van der Waals surface area contributed by atoms with Gasteiger partial charge >= 0.3 is 13.2 Å². The van der Waals surface area contributed by atoms with Crippen LogP contribution in [0.1, 0.15) is 51.5 Å². The van der Waals surface area contributed by atoms with Gasteiger partial charge in [0.1, 0.15) is 18.2 Å². The number of nitrogens with zero attached hydrogens (tertiary/aromatic N) is 3. The van der Waals surface area contributed by atoms with Gasteiger partial charge in [-0.15, -0.1) is 0 Å². The summed E-state index contributed by atoms with van der Waals surface area (Å²) in [4.78, 5) is 29.2. The van der Waals surface area contributed by atoms with Crippen LogP contribution in [-0.2, 0) is 16.0 Å². The van der Waals surface area contributed by atoms with E-state index >= 15 is 0 Å². The molecule has 1 aromatic rings. The second-order valence-electron chi connectivity index (χ2n) is 10.8. The average Bonchev–Trinajstić information content (AvgIpc) is 2.90. The first-order chi connectivity index (χ1) is 18.4. The van der Waals surface area contributed by atoms with Crippen molar-refractivity contribution in [1.29, 1.82) is 5.26 Å². The largest absolute Gasteiger partial charge is 0.475 e. The van der Waals surface area contributed by atoms with Gasteiger partial charge in [0.15, 0.2) is 0 Å². The molecule has 0 spiro atoms. The summed E-state index contributed by atoms with van der Waals surface area (Å²) < 4.78 is 32.6. The van der Waals surface area contributed by atoms with E-state index in [1.165, 1.54) is 11.0 Å². The summed E-state index contributed by atoms with van der Waals surface area (Å²) >= 11 is 0. The summed E-state index contributed by atoms with van der Waals surface area (Å²) in [5.74, 6) is -4.18. The Morgan fingerprint density at radius 1 is 1.23 bits per heavy atom. The maximum absolute atomic E-state index is 13.6. The van der Waals surface area contributed by atoms with E-state index in [9.17, 15) is 33.7 Å². The molecule has 212 valence electrons. The Kier molecular flexibility index (Phi) is 10.5. The molecular formula is C27H37BF2N4O5. The lowest BCUT2D eigenvalue weighted by Crippen LogP contribution is -2.51. The number of benzene rings is 1. The number of likely N-dealkylation sites (tertiary alicyclic amines) is 2. The van der Waals surface area contributed by atoms with E-state index in [1.807, 2.05) is 17.0 Å².